The van der Waals surface area contributed by atoms with Crippen LogP contribution in [-0.4, -0.2) is 23.7 Å². The Labute approximate surface area is 183 Å². The van der Waals surface area contributed by atoms with Crippen LogP contribution in [0.2, 0.25) is 0 Å². The highest BCUT2D eigenvalue weighted by atomic mass is 32.2. The van der Waals surface area contributed by atoms with Gasteiger partial charge in [0.05, 0.1) is 28.9 Å². The van der Waals surface area contributed by atoms with Crippen LogP contribution in [0.5, 0.6) is 11.5 Å². The second-order valence-electron chi connectivity index (χ2n) is 7.59. The summed E-state index contributed by atoms with van der Waals surface area (Å²) in [6.07, 6.45) is 1.82. The quantitative estimate of drug-likeness (QED) is 0.493. The molecule has 2 aromatic carbocycles. The van der Waals surface area contributed by atoms with Crippen LogP contribution in [0.25, 0.3) is 0 Å². The fraction of sp³-hybridized carbons (Fsp3) is 0.292. The SMILES string of the molecule is CCc1ccc2c(c1)N(C(CCS(=O)(=O)O)c1cccc(CC)n1)c1ccccc1O2. The molecule has 162 valence electrons. The molecule has 2 heterocycles. The van der Waals surface area contributed by atoms with Gasteiger partial charge in [0.25, 0.3) is 10.1 Å². The highest BCUT2D eigenvalue weighted by molar-refractivity contribution is 7.85. The van der Waals surface area contributed by atoms with Crippen molar-refractivity contribution in [2.75, 3.05) is 10.7 Å². The monoisotopic (exact) mass is 438 g/mol. The smallest absolute Gasteiger partial charge is 0.264 e. The van der Waals surface area contributed by atoms with E-state index in [1.165, 1.54) is 0 Å². The summed E-state index contributed by atoms with van der Waals surface area (Å²) in [5, 5.41) is 0. The number of rotatable bonds is 7. The zero-order chi connectivity index (χ0) is 22.0. The van der Waals surface area contributed by atoms with E-state index in [9.17, 15) is 13.0 Å². The van der Waals surface area contributed by atoms with Crippen molar-refractivity contribution in [3.05, 3.63) is 77.6 Å². The summed E-state index contributed by atoms with van der Waals surface area (Å²) in [7, 11) is -4.13. The van der Waals surface area contributed by atoms with E-state index in [1.54, 1.807) is 0 Å². The lowest BCUT2D eigenvalue weighted by Crippen LogP contribution is -2.29. The molecule has 1 aromatic heterocycles. The first-order valence-corrected chi connectivity index (χ1v) is 12.1. The van der Waals surface area contributed by atoms with Gasteiger partial charge in [-0.05, 0) is 61.2 Å². The summed E-state index contributed by atoms with van der Waals surface area (Å²) >= 11 is 0. The molecule has 1 N–H and O–H groups in total. The molecule has 0 aliphatic carbocycles. The lowest BCUT2D eigenvalue weighted by atomic mass is 10.0. The number of hydrogen-bond donors (Lipinski definition) is 1. The van der Waals surface area contributed by atoms with Gasteiger partial charge < -0.3 is 9.64 Å². The van der Waals surface area contributed by atoms with Crippen molar-refractivity contribution in [2.45, 2.75) is 39.2 Å². The summed E-state index contributed by atoms with van der Waals surface area (Å²) in [5.74, 6) is 1.04. The number of aryl methyl sites for hydroxylation is 2. The first-order valence-electron chi connectivity index (χ1n) is 10.5. The van der Waals surface area contributed by atoms with Crippen LogP contribution in [0, 0.1) is 0 Å². The molecular weight excluding hydrogens is 412 g/mol. The maximum absolute atomic E-state index is 11.7. The van der Waals surface area contributed by atoms with Gasteiger partial charge in [-0.3, -0.25) is 9.54 Å². The van der Waals surface area contributed by atoms with Crippen molar-refractivity contribution in [3.8, 4) is 11.5 Å². The molecule has 0 saturated carbocycles. The Morgan fingerprint density at radius 3 is 2.48 bits per heavy atom. The number of anilines is 2. The number of ether oxygens (including phenoxy) is 1. The molecule has 0 saturated heterocycles. The molecular formula is C24H26N2O4S. The molecule has 1 unspecified atom stereocenters. The largest absolute Gasteiger partial charge is 0.453 e. The Hall–Kier alpha value is -2.90. The number of nitrogens with zero attached hydrogens (tertiary/aromatic N) is 2. The van der Waals surface area contributed by atoms with Crippen molar-refractivity contribution in [3.63, 3.8) is 0 Å². The van der Waals surface area contributed by atoms with Crippen molar-refractivity contribution in [1.82, 2.24) is 4.98 Å². The lowest BCUT2D eigenvalue weighted by molar-refractivity contribution is 0.460. The Kier molecular flexibility index (Phi) is 5.98. The van der Waals surface area contributed by atoms with Gasteiger partial charge in [0.2, 0.25) is 0 Å². The number of fused-ring (bicyclic) bond motifs is 2. The molecule has 1 atom stereocenters. The second-order valence-corrected chi connectivity index (χ2v) is 9.17. The summed E-state index contributed by atoms with van der Waals surface area (Å²) in [6, 6.07) is 19.2. The topological polar surface area (TPSA) is 79.7 Å². The fourth-order valence-electron chi connectivity index (χ4n) is 3.93. The average Bonchev–Trinajstić information content (AvgIpc) is 2.77. The minimum Gasteiger partial charge on any atom is -0.453 e. The van der Waals surface area contributed by atoms with Crippen LogP contribution in [0.1, 0.15) is 43.3 Å². The van der Waals surface area contributed by atoms with Crippen LogP contribution in [-0.2, 0) is 23.0 Å². The second kappa shape index (κ2) is 8.69. The number of hydrogen-bond acceptors (Lipinski definition) is 5. The molecule has 3 aromatic rings. The third kappa shape index (κ3) is 4.57. The van der Waals surface area contributed by atoms with Gasteiger partial charge in [-0.2, -0.15) is 8.42 Å². The lowest BCUT2D eigenvalue weighted by Gasteiger charge is -2.38. The Morgan fingerprint density at radius 2 is 1.74 bits per heavy atom. The maximum atomic E-state index is 11.7. The Balaban J connectivity index is 1.90. The molecule has 1 aliphatic rings. The van der Waals surface area contributed by atoms with Gasteiger partial charge in [-0.15, -0.1) is 0 Å². The predicted molar refractivity (Wildman–Crippen MR) is 122 cm³/mol. The molecule has 4 rings (SSSR count). The summed E-state index contributed by atoms with van der Waals surface area (Å²) in [4.78, 5) is 6.89. The van der Waals surface area contributed by atoms with E-state index in [0.29, 0.717) is 11.5 Å². The summed E-state index contributed by atoms with van der Waals surface area (Å²) in [6.45, 7) is 4.12. The average molecular weight is 439 g/mol. The molecule has 7 heteroatoms. The first-order chi connectivity index (χ1) is 14.9. The van der Waals surface area contributed by atoms with E-state index < -0.39 is 16.2 Å². The summed E-state index contributed by atoms with van der Waals surface area (Å²) in [5.41, 5.74) is 4.54. The van der Waals surface area contributed by atoms with Gasteiger partial charge in [0, 0.05) is 5.69 Å². The van der Waals surface area contributed by atoms with Crippen molar-refractivity contribution < 1.29 is 17.7 Å². The van der Waals surface area contributed by atoms with Crippen molar-refractivity contribution in [2.24, 2.45) is 0 Å². The van der Waals surface area contributed by atoms with Crippen molar-refractivity contribution in [1.29, 1.82) is 0 Å². The predicted octanol–water partition coefficient (Wildman–Crippen LogP) is 5.47. The minimum atomic E-state index is -4.13. The zero-order valence-corrected chi connectivity index (χ0v) is 18.5. The van der Waals surface area contributed by atoms with E-state index in [1.807, 2.05) is 61.5 Å². The van der Waals surface area contributed by atoms with Crippen LogP contribution in [0.3, 0.4) is 0 Å². The maximum Gasteiger partial charge on any atom is 0.264 e. The molecule has 31 heavy (non-hydrogen) atoms. The van der Waals surface area contributed by atoms with Gasteiger partial charge in [0.1, 0.15) is 0 Å². The van der Waals surface area contributed by atoms with Gasteiger partial charge in [-0.1, -0.05) is 38.1 Å². The van der Waals surface area contributed by atoms with E-state index in [4.69, 9.17) is 9.72 Å². The number of para-hydroxylation sites is 2. The van der Waals surface area contributed by atoms with Crippen LogP contribution in [0.15, 0.2) is 60.7 Å². The van der Waals surface area contributed by atoms with Gasteiger partial charge in [0.15, 0.2) is 11.5 Å². The van der Waals surface area contributed by atoms with E-state index in [2.05, 4.69) is 17.9 Å². The van der Waals surface area contributed by atoms with E-state index >= 15 is 0 Å². The molecule has 6 nitrogen and oxygen atoms in total. The Bertz CT molecular complexity index is 1190. The molecule has 0 radical (unpaired) electrons. The molecule has 0 amide bonds. The standard InChI is InChI=1S/C24H26N2O4S/c1-3-17-12-13-24-22(16-17)26(21-10-5-6-11-23(21)30-24)20(14-15-31(27,28)29)19-9-7-8-18(4-2)25-19/h5-13,16,20H,3-4,14-15H2,1-2H3,(H,27,28,29). The van der Waals surface area contributed by atoms with E-state index in [-0.39, 0.29) is 12.2 Å². The number of pyridine rings is 1. The minimum absolute atomic E-state index is 0.184. The molecule has 0 bridgehead atoms. The third-order valence-corrected chi connectivity index (χ3v) is 6.28. The number of benzene rings is 2. The summed E-state index contributed by atoms with van der Waals surface area (Å²) < 4.78 is 39.0. The van der Waals surface area contributed by atoms with Crippen LogP contribution >= 0.6 is 0 Å². The fourth-order valence-corrected chi connectivity index (χ4v) is 4.46. The van der Waals surface area contributed by atoms with Gasteiger partial charge >= 0.3 is 0 Å². The molecule has 1 aliphatic heterocycles. The Morgan fingerprint density at radius 1 is 0.968 bits per heavy atom. The van der Waals surface area contributed by atoms with E-state index in [0.717, 1.165) is 41.2 Å². The van der Waals surface area contributed by atoms with Gasteiger partial charge in [-0.25, -0.2) is 0 Å². The first kappa shape index (κ1) is 21.3. The highest BCUT2D eigenvalue weighted by Gasteiger charge is 2.32. The van der Waals surface area contributed by atoms with Crippen molar-refractivity contribution >= 4 is 21.5 Å². The molecule has 0 spiro atoms. The van der Waals surface area contributed by atoms with Crippen LogP contribution in [0.4, 0.5) is 11.4 Å². The number of aromatic nitrogens is 1. The highest BCUT2D eigenvalue weighted by Crippen LogP contribution is 2.51. The zero-order valence-electron chi connectivity index (χ0n) is 17.7. The molecule has 0 fully saturated rings. The normalized spacial score (nSPS) is 13.8. The van der Waals surface area contributed by atoms with Crippen LogP contribution < -0.4 is 9.64 Å². The third-order valence-electron chi connectivity index (χ3n) is 5.53.